The van der Waals surface area contributed by atoms with Crippen LogP contribution in [0.4, 0.5) is 0 Å². The number of nitrogens with zero attached hydrogens (tertiary/aromatic N) is 2. The van der Waals surface area contributed by atoms with Crippen molar-refractivity contribution in [3.8, 4) is 5.75 Å². The molecule has 0 aromatic heterocycles. The quantitative estimate of drug-likeness (QED) is 0.716. The van der Waals surface area contributed by atoms with Crippen molar-refractivity contribution in [3.63, 3.8) is 0 Å². The summed E-state index contributed by atoms with van der Waals surface area (Å²) in [4.78, 5) is 4.60. The van der Waals surface area contributed by atoms with E-state index in [9.17, 15) is 8.42 Å². The van der Waals surface area contributed by atoms with E-state index in [1.54, 1.807) is 7.11 Å². The summed E-state index contributed by atoms with van der Waals surface area (Å²) in [7, 11) is -1.30. The lowest BCUT2D eigenvalue weighted by molar-refractivity contribution is 0.0249. The van der Waals surface area contributed by atoms with Crippen LogP contribution in [0.1, 0.15) is 12.5 Å². The number of benzene rings is 1. The number of methoxy groups -OCH3 is 1. The maximum absolute atomic E-state index is 12.3. The minimum atomic E-state index is -2.99. The molecule has 6 nitrogen and oxygen atoms in total. The molecule has 0 unspecified atom stereocenters. The van der Waals surface area contributed by atoms with Crippen molar-refractivity contribution < 1.29 is 17.9 Å². The largest absolute Gasteiger partial charge is 0.494 e. The fraction of sp³-hybridized carbons (Fsp3) is 0.667. The van der Waals surface area contributed by atoms with Gasteiger partial charge in [-0.2, -0.15) is 0 Å². The highest BCUT2D eigenvalue weighted by molar-refractivity contribution is 7.91. The second-order valence-electron chi connectivity index (χ2n) is 6.75. The van der Waals surface area contributed by atoms with Crippen LogP contribution in [0, 0.1) is 0 Å². The van der Waals surface area contributed by atoms with Crippen LogP contribution in [0.5, 0.6) is 5.75 Å². The Balaban J connectivity index is 1.77. The second kappa shape index (κ2) is 8.03. The minimum Gasteiger partial charge on any atom is -0.494 e. The number of piperazine rings is 1. The highest BCUT2D eigenvalue weighted by Gasteiger charge is 2.46. The van der Waals surface area contributed by atoms with Crippen molar-refractivity contribution in [1.29, 1.82) is 0 Å². The first-order valence-corrected chi connectivity index (χ1v) is 10.7. The van der Waals surface area contributed by atoms with Gasteiger partial charge in [-0.3, -0.25) is 9.80 Å². The molecular weight excluding hydrogens is 340 g/mol. The van der Waals surface area contributed by atoms with E-state index in [1.165, 1.54) is 0 Å². The Bertz CT molecular complexity index is 679. The van der Waals surface area contributed by atoms with Gasteiger partial charge in [-0.1, -0.05) is 18.2 Å². The summed E-state index contributed by atoms with van der Waals surface area (Å²) >= 11 is 0. The van der Waals surface area contributed by atoms with Gasteiger partial charge in [-0.05, 0) is 13.0 Å². The molecule has 2 atom stereocenters. The molecule has 0 spiro atoms. The summed E-state index contributed by atoms with van der Waals surface area (Å²) in [6.07, 6.45) is 0. The molecule has 1 aromatic carbocycles. The summed E-state index contributed by atoms with van der Waals surface area (Å²) < 4.78 is 35.5. The Kier molecular flexibility index (Phi) is 5.99. The van der Waals surface area contributed by atoms with Crippen LogP contribution in [0.25, 0.3) is 0 Å². The molecule has 0 saturated carbocycles. The third-order valence-corrected chi connectivity index (χ3v) is 6.83. The molecule has 1 aromatic rings. The van der Waals surface area contributed by atoms with E-state index in [1.807, 2.05) is 25.1 Å². The number of hydrogen-bond donors (Lipinski definition) is 0. The Morgan fingerprint density at radius 1 is 1.12 bits per heavy atom. The molecule has 7 heteroatoms. The van der Waals surface area contributed by atoms with Crippen molar-refractivity contribution >= 4 is 9.84 Å². The molecule has 0 bridgehead atoms. The van der Waals surface area contributed by atoms with E-state index >= 15 is 0 Å². The first-order chi connectivity index (χ1) is 12.0. The van der Waals surface area contributed by atoms with E-state index in [4.69, 9.17) is 9.47 Å². The number of fused-ring (bicyclic) bond motifs is 1. The lowest BCUT2D eigenvalue weighted by atomic mass is 10.0. The monoisotopic (exact) mass is 368 g/mol. The molecule has 3 rings (SSSR count). The zero-order valence-electron chi connectivity index (χ0n) is 15.1. The topological polar surface area (TPSA) is 59.1 Å². The number of para-hydroxylation sites is 1. The molecule has 0 aliphatic carbocycles. The zero-order valence-corrected chi connectivity index (χ0v) is 15.9. The zero-order chi connectivity index (χ0) is 17.9. The molecule has 25 heavy (non-hydrogen) atoms. The SMILES string of the molecule is CCOc1ccccc1CN1CCN(CCOC)[C@H]2CS(=O)(=O)C[C@H]21. The Labute approximate surface area is 150 Å². The van der Waals surface area contributed by atoms with E-state index < -0.39 is 9.84 Å². The van der Waals surface area contributed by atoms with Crippen LogP contribution in [0.15, 0.2) is 24.3 Å². The van der Waals surface area contributed by atoms with Gasteiger partial charge in [0.1, 0.15) is 5.75 Å². The lowest BCUT2D eigenvalue weighted by Gasteiger charge is -2.44. The van der Waals surface area contributed by atoms with Crippen LogP contribution >= 0.6 is 0 Å². The van der Waals surface area contributed by atoms with Crippen molar-refractivity contribution in [2.24, 2.45) is 0 Å². The van der Waals surface area contributed by atoms with Gasteiger partial charge in [-0.25, -0.2) is 8.42 Å². The van der Waals surface area contributed by atoms with E-state index in [0.29, 0.717) is 13.2 Å². The average Bonchev–Trinajstić information content (AvgIpc) is 2.92. The standard InChI is InChI=1S/C18H28N2O4S/c1-3-24-18-7-5-4-6-15(18)12-20-9-8-19(10-11-23-2)16-13-25(21,22)14-17(16)20/h4-7,16-17H,3,8-14H2,1-2H3/t16-,17+/m0/s1. The van der Waals surface area contributed by atoms with Gasteiger partial charge in [-0.15, -0.1) is 0 Å². The molecule has 0 N–H and O–H groups in total. The van der Waals surface area contributed by atoms with Crippen LogP contribution in [-0.2, 0) is 21.1 Å². The van der Waals surface area contributed by atoms with Crippen LogP contribution in [0.2, 0.25) is 0 Å². The Hall–Kier alpha value is -1.15. The summed E-state index contributed by atoms with van der Waals surface area (Å²) in [5.74, 6) is 1.40. The van der Waals surface area contributed by atoms with E-state index in [-0.39, 0.29) is 23.6 Å². The molecule has 0 radical (unpaired) electrons. The van der Waals surface area contributed by atoms with Crippen molar-refractivity contribution in [3.05, 3.63) is 29.8 Å². The summed E-state index contributed by atoms with van der Waals surface area (Å²) in [5.41, 5.74) is 1.12. The van der Waals surface area contributed by atoms with Crippen molar-refractivity contribution in [2.45, 2.75) is 25.6 Å². The third-order valence-electron chi connectivity index (χ3n) is 5.13. The first-order valence-electron chi connectivity index (χ1n) is 8.92. The predicted octanol–water partition coefficient (Wildman–Crippen LogP) is 1.01. The molecule has 2 fully saturated rings. The van der Waals surface area contributed by atoms with Gasteiger partial charge in [0.2, 0.25) is 0 Å². The maximum Gasteiger partial charge on any atom is 0.153 e. The van der Waals surface area contributed by atoms with E-state index in [2.05, 4.69) is 15.9 Å². The first kappa shape index (κ1) is 18.6. The average molecular weight is 368 g/mol. The Morgan fingerprint density at radius 3 is 2.52 bits per heavy atom. The van der Waals surface area contributed by atoms with Crippen LogP contribution in [-0.4, -0.2) is 81.8 Å². The number of rotatable bonds is 7. The smallest absolute Gasteiger partial charge is 0.153 e. The van der Waals surface area contributed by atoms with Gasteiger partial charge < -0.3 is 9.47 Å². The Morgan fingerprint density at radius 2 is 1.80 bits per heavy atom. The van der Waals surface area contributed by atoms with Crippen molar-refractivity contribution in [2.75, 3.05) is 51.5 Å². The molecule has 2 aliphatic rings. The van der Waals surface area contributed by atoms with Crippen LogP contribution in [0.3, 0.4) is 0 Å². The van der Waals surface area contributed by atoms with Gasteiger partial charge in [0, 0.05) is 50.9 Å². The predicted molar refractivity (Wildman–Crippen MR) is 97.7 cm³/mol. The molecule has 2 heterocycles. The number of hydrogen-bond acceptors (Lipinski definition) is 6. The molecule has 2 saturated heterocycles. The van der Waals surface area contributed by atoms with Gasteiger partial charge >= 0.3 is 0 Å². The van der Waals surface area contributed by atoms with Crippen molar-refractivity contribution in [1.82, 2.24) is 9.80 Å². The van der Waals surface area contributed by atoms with Crippen LogP contribution < -0.4 is 4.74 Å². The molecule has 140 valence electrons. The number of sulfone groups is 1. The molecular formula is C18H28N2O4S. The van der Waals surface area contributed by atoms with Gasteiger partial charge in [0.05, 0.1) is 24.7 Å². The van der Waals surface area contributed by atoms with E-state index in [0.717, 1.165) is 37.5 Å². The van der Waals surface area contributed by atoms with Gasteiger partial charge in [0.25, 0.3) is 0 Å². The fourth-order valence-electron chi connectivity index (χ4n) is 3.93. The lowest BCUT2D eigenvalue weighted by Crippen LogP contribution is -2.59. The molecule has 2 aliphatic heterocycles. The molecule has 0 amide bonds. The highest BCUT2D eigenvalue weighted by atomic mass is 32.2. The second-order valence-corrected chi connectivity index (χ2v) is 8.91. The third kappa shape index (κ3) is 4.34. The fourth-order valence-corrected chi connectivity index (χ4v) is 5.97. The summed E-state index contributed by atoms with van der Waals surface area (Å²) in [5, 5.41) is 0. The minimum absolute atomic E-state index is 0.0466. The summed E-state index contributed by atoms with van der Waals surface area (Å²) in [6, 6.07) is 8.14. The highest BCUT2D eigenvalue weighted by Crippen LogP contribution is 2.29. The summed E-state index contributed by atoms with van der Waals surface area (Å²) in [6.45, 7) is 6.49. The number of ether oxygens (including phenoxy) is 2. The maximum atomic E-state index is 12.3. The normalized spacial score (nSPS) is 26.5. The van der Waals surface area contributed by atoms with Gasteiger partial charge in [0.15, 0.2) is 9.84 Å².